The molecule has 0 radical (unpaired) electrons. The smallest absolute Gasteiger partial charge is 0.164 e. The van der Waals surface area contributed by atoms with Gasteiger partial charge >= 0.3 is 0 Å². The van der Waals surface area contributed by atoms with Gasteiger partial charge in [0.2, 0.25) is 0 Å². The van der Waals surface area contributed by atoms with E-state index in [1.165, 1.54) is 0 Å². The predicted molar refractivity (Wildman–Crippen MR) is 67.6 cm³/mol. The van der Waals surface area contributed by atoms with E-state index in [0.29, 0.717) is 5.92 Å². The molecular weight excluding hydrogens is 212 g/mol. The second kappa shape index (κ2) is 5.08. The van der Waals surface area contributed by atoms with Crippen LogP contribution in [0.25, 0.3) is 11.4 Å². The van der Waals surface area contributed by atoms with Gasteiger partial charge in [0.25, 0.3) is 0 Å². The Kier molecular flexibility index (Phi) is 3.52. The van der Waals surface area contributed by atoms with E-state index >= 15 is 0 Å². The second-order valence-electron chi connectivity index (χ2n) is 4.42. The van der Waals surface area contributed by atoms with Crippen molar-refractivity contribution in [3.05, 3.63) is 30.4 Å². The first-order valence-corrected chi connectivity index (χ1v) is 6.07. The molecule has 0 atom stereocenters. The van der Waals surface area contributed by atoms with E-state index in [0.717, 1.165) is 30.2 Å². The lowest BCUT2D eigenvalue weighted by molar-refractivity contribution is 0.614. The van der Waals surface area contributed by atoms with Crippen molar-refractivity contribution < 1.29 is 0 Å². The third-order valence-electron chi connectivity index (χ3n) is 2.68. The first kappa shape index (κ1) is 11.8. The molecule has 0 spiro atoms. The van der Waals surface area contributed by atoms with Crippen molar-refractivity contribution in [2.45, 2.75) is 39.7 Å². The van der Waals surface area contributed by atoms with Crippen LogP contribution in [0.3, 0.4) is 0 Å². The van der Waals surface area contributed by atoms with Gasteiger partial charge < -0.3 is 4.57 Å². The molecule has 4 heteroatoms. The van der Waals surface area contributed by atoms with Gasteiger partial charge in [0, 0.05) is 30.4 Å². The Labute approximate surface area is 102 Å². The van der Waals surface area contributed by atoms with Crippen LogP contribution >= 0.6 is 0 Å². The Morgan fingerprint density at radius 3 is 2.47 bits per heavy atom. The topological polar surface area (TPSA) is 43.6 Å². The Hall–Kier alpha value is -1.71. The van der Waals surface area contributed by atoms with E-state index in [2.05, 4.69) is 40.5 Å². The van der Waals surface area contributed by atoms with Gasteiger partial charge in [-0.15, -0.1) is 10.2 Å². The van der Waals surface area contributed by atoms with Crippen LogP contribution in [-0.4, -0.2) is 19.7 Å². The molecule has 2 heterocycles. The Bertz CT molecular complexity index is 473. The lowest BCUT2D eigenvalue weighted by atomic mass is 10.2. The van der Waals surface area contributed by atoms with Crippen molar-refractivity contribution in [1.29, 1.82) is 0 Å². The normalized spacial score (nSPS) is 11.1. The van der Waals surface area contributed by atoms with Gasteiger partial charge in [-0.2, -0.15) is 0 Å². The van der Waals surface area contributed by atoms with E-state index in [1.807, 2.05) is 12.1 Å². The van der Waals surface area contributed by atoms with Crippen molar-refractivity contribution in [2.75, 3.05) is 0 Å². The van der Waals surface area contributed by atoms with Crippen molar-refractivity contribution in [1.82, 2.24) is 19.7 Å². The number of aromatic nitrogens is 4. The molecule has 17 heavy (non-hydrogen) atoms. The van der Waals surface area contributed by atoms with Crippen molar-refractivity contribution in [3.8, 4) is 11.4 Å². The number of hydrogen-bond acceptors (Lipinski definition) is 3. The Morgan fingerprint density at radius 1 is 1.18 bits per heavy atom. The summed E-state index contributed by atoms with van der Waals surface area (Å²) in [4.78, 5) is 4.03. The van der Waals surface area contributed by atoms with Crippen LogP contribution in [0, 0.1) is 0 Å². The van der Waals surface area contributed by atoms with Crippen LogP contribution in [0.5, 0.6) is 0 Å². The van der Waals surface area contributed by atoms with Crippen molar-refractivity contribution in [2.24, 2.45) is 0 Å². The number of rotatable bonds is 4. The average molecular weight is 230 g/mol. The molecule has 0 aliphatic rings. The molecule has 0 fully saturated rings. The molecule has 2 aromatic rings. The molecular formula is C13H18N4. The maximum atomic E-state index is 4.31. The SMILES string of the molecule is CCCn1c(-c2ccncc2)nnc1C(C)C. The first-order chi connectivity index (χ1) is 8.24. The van der Waals surface area contributed by atoms with Crippen molar-refractivity contribution >= 4 is 0 Å². The van der Waals surface area contributed by atoms with Crippen LogP contribution in [0.4, 0.5) is 0 Å². The van der Waals surface area contributed by atoms with E-state index < -0.39 is 0 Å². The fourth-order valence-electron chi connectivity index (χ4n) is 1.90. The summed E-state index contributed by atoms with van der Waals surface area (Å²) in [6.07, 6.45) is 4.65. The van der Waals surface area contributed by atoms with Gasteiger partial charge in [-0.05, 0) is 18.6 Å². The molecule has 90 valence electrons. The maximum Gasteiger partial charge on any atom is 0.164 e. The summed E-state index contributed by atoms with van der Waals surface area (Å²) < 4.78 is 2.21. The highest BCUT2D eigenvalue weighted by molar-refractivity contribution is 5.54. The molecule has 0 bridgehead atoms. The van der Waals surface area contributed by atoms with Crippen LogP contribution in [0.15, 0.2) is 24.5 Å². The summed E-state index contributed by atoms with van der Waals surface area (Å²) in [6.45, 7) is 7.41. The molecule has 0 saturated carbocycles. The van der Waals surface area contributed by atoms with E-state index in [1.54, 1.807) is 12.4 Å². The standard InChI is InChI=1S/C13H18N4/c1-4-9-17-12(10(2)3)15-16-13(17)11-5-7-14-8-6-11/h5-8,10H,4,9H2,1-3H3. The molecule has 0 aromatic carbocycles. The summed E-state index contributed by atoms with van der Waals surface area (Å²) in [6, 6.07) is 3.94. The summed E-state index contributed by atoms with van der Waals surface area (Å²) in [7, 11) is 0. The number of hydrogen-bond donors (Lipinski definition) is 0. The van der Waals surface area contributed by atoms with Gasteiger partial charge in [-0.25, -0.2) is 0 Å². The molecule has 0 aliphatic heterocycles. The zero-order valence-electron chi connectivity index (χ0n) is 10.6. The zero-order chi connectivity index (χ0) is 12.3. The highest BCUT2D eigenvalue weighted by Crippen LogP contribution is 2.21. The third kappa shape index (κ3) is 2.35. The third-order valence-corrected chi connectivity index (χ3v) is 2.68. The maximum absolute atomic E-state index is 4.31. The fourth-order valence-corrected chi connectivity index (χ4v) is 1.90. The molecule has 2 rings (SSSR count). The number of nitrogens with zero attached hydrogens (tertiary/aromatic N) is 4. The van der Waals surface area contributed by atoms with Crippen LogP contribution in [-0.2, 0) is 6.54 Å². The van der Waals surface area contributed by atoms with Gasteiger partial charge in [0.1, 0.15) is 5.82 Å². The first-order valence-electron chi connectivity index (χ1n) is 6.07. The lowest BCUT2D eigenvalue weighted by Gasteiger charge is -2.10. The molecule has 0 unspecified atom stereocenters. The molecule has 0 N–H and O–H groups in total. The van der Waals surface area contributed by atoms with Gasteiger partial charge in [0.15, 0.2) is 5.82 Å². The minimum atomic E-state index is 0.393. The van der Waals surface area contributed by atoms with E-state index in [-0.39, 0.29) is 0 Å². The highest BCUT2D eigenvalue weighted by atomic mass is 15.3. The monoisotopic (exact) mass is 230 g/mol. The molecule has 0 saturated heterocycles. The van der Waals surface area contributed by atoms with Gasteiger partial charge in [0.05, 0.1) is 0 Å². The number of pyridine rings is 1. The lowest BCUT2D eigenvalue weighted by Crippen LogP contribution is -2.06. The second-order valence-corrected chi connectivity index (χ2v) is 4.42. The summed E-state index contributed by atoms with van der Waals surface area (Å²) in [5.41, 5.74) is 1.08. The van der Waals surface area contributed by atoms with Crippen LogP contribution in [0.1, 0.15) is 38.9 Å². The Balaban J connectivity index is 2.47. The largest absolute Gasteiger partial charge is 0.311 e. The van der Waals surface area contributed by atoms with Gasteiger partial charge in [-0.3, -0.25) is 4.98 Å². The Morgan fingerprint density at radius 2 is 1.88 bits per heavy atom. The summed E-state index contributed by atoms with van der Waals surface area (Å²) in [5.74, 6) is 2.39. The zero-order valence-corrected chi connectivity index (χ0v) is 10.6. The summed E-state index contributed by atoms with van der Waals surface area (Å²) >= 11 is 0. The molecule has 0 aliphatic carbocycles. The molecule has 0 amide bonds. The quantitative estimate of drug-likeness (QED) is 0.811. The van der Waals surface area contributed by atoms with Crippen molar-refractivity contribution in [3.63, 3.8) is 0 Å². The average Bonchev–Trinajstić information content (AvgIpc) is 2.75. The minimum absolute atomic E-state index is 0.393. The van der Waals surface area contributed by atoms with Crippen LogP contribution in [0.2, 0.25) is 0 Å². The van der Waals surface area contributed by atoms with E-state index in [4.69, 9.17) is 0 Å². The predicted octanol–water partition coefficient (Wildman–Crippen LogP) is 2.87. The molecule has 2 aromatic heterocycles. The molecule has 4 nitrogen and oxygen atoms in total. The van der Waals surface area contributed by atoms with Crippen LogP contribution < -0.4 is 0 Å². The van der Waals surface area contributed by atoms with E-state index in [9.17, 15) is 0 Å². The van der Waals surface area contributed by atoms with Gasteiger partial charge in [-0.1, -0.05) is 20.8 Å². The fraction of sp³-hybridized carbons (Fsp3) is 0.462. The minimum Gasteiger partial charge on any atom is -0.311 e. The highest BCUT2D eigenvalue weighted by Gasteiger charge is 2.15. The summed E-state index contributed by atoms with van der Waals surface area (Å²) in [5, 5.41) is 8.61.